The van der Waals surface area contributed by atoms with Crippen LogP contribution in [0.3, 0.4) is 0 Å². The Labute approximate surface area is 211 Å². The topological polar surface area (TPSA) is 69.9 Å². The summed E-state index contributed by atoms with van der Waals surface area (Å²) in [5.74, 6) is 0.229. The SMILES string of the molecule is C=CCOc1cccc(/C=c2\sc3n(c2=O)[C@H](c2ccc(SC)cc2)C(C(=O)OCC)=C(C)N=3)c1. The third kappa shape index (κ3) is 5.18. The maximum atomic E-state index is 13.7. The Bertz CT molecular complexity index is 1470. The summed E-state index contributed by atoms with van der Waals surface area (Å²) in [6.07, 6.45) is 5.51. The molecular weight excluding hydrogens is 480 g/mol. The molecule has 0 unspecified atom stereocenters. The number of ether oxygens (including phenoxy) is 2. The molecule has 1 atom stereocenters. The number of hydrogen-bond donors (Lipinski definition) is 0. The third-order valence-corrected chi connectivity index (χ3v) is 7.20. The molecular formula is C27H26N2O4S2. The van der Waals surface area contributed by atoms with Gasteiger partial charge in [0.1, 0.15) is 12.4 Å². The number of thioether (sulfide) groups is 1. The van der Waals surface area contributed by atoms with Gasteiger partial charge in [-0.15, -0.1) is 11.8 Å². The van der Waals surface area contributed by atoms with Crippen molar-refractivity contribution < 1.29 is 14.3 Å². The maximum Gasteiger partial charge on any atom is 0.338 e. The molecule has 1 aromatic heterocycles. The van der Waals surface area contributed by atoms with Crippen LogP contribution < -0.4 is 19.6 Å². The number of thiazole rings is 1. The smallest absolute Gasteiger partial charge is 0.338 e. The van der Waals surface area contributed by atoms with Gasteiger partial charge >= 0.3 is 5.97 Å². The molecule has 3 aromatic rings. The minimum Gasteiger partial charge on any atom is -0.490 e. The lowest BCUT2D eigenvalue weighted by Gasteiger charge is -2.24. The number of nitrogens with zero attached hydrogens (tertiary/aromatic N) is 2. The summed E-state index contributed by atoms with van der Waals surface area (Å²) in [5, 5.41) is 0. The Morgan fingerprint density at radius 1 is 1.26 bits per heavy atom. The van der Waals surface area contributed by atoms with E-state index in [2.05, 4.69) is 11.6 Å². The highest BCUT2D eigenvalue weighted by Gasteiger charge is 2.33. The molecule has 35 heavy (non-hydrogen) atoms. The number of hydrogen-bond acceptors (Lipinski definition) is 7. The normalized spacial score (nSPS) is 15.4. The zero-order chi connectivity index (χ0) is 24.9. The molecule has 8 heteroatoms. The van der Waals surface area contributed by atoms with E-state index in [-0.39, 0.29) is 12.2 Å². The number of carbonyl (C=O) groups excluding carboxylic acids is 1. The molecule has 6 nitrogen and oxygen atoms in total. The highest BCUT2D eigenvalue weighted by molar-refractivity contribution is 7.98. The molecule has 0 radical (unpaired) electrons. The van der Waals surface area contributed by atoms with Crippen LogP contribution in [0.2, 0.25) is 0 Å². The lowest BCUT2D eigenvalue weighted by molar-refractivity contribution is -0.139. The fraction of sp³-hybridized carbons (Fsp3) is 0.222. The highest BCUT2D eigenvalue weighted by Crippen LogP contribution is 2.31. The van der Waals surface area contributed by atoms with E-state index in [0.717, 1.165) is 16.0 Å². The van der Waals surface area contributed by atoms with Gasteiger partial charge in [0.05, 0.1) is 28.5 Å². The minimum atomic E-state index is -0.620. The average molecular weight is 507 g/mol. The Hall–Kier alpha value is -3.36. The van der Waals surface area contributed by atoms with E-state index in [1.165, 1.54) is 11.3 Å². The van der Waals surface area contributed by atoms with E-state index in [9.17, 15) is 9.59 Å². The van der Waals surface area contributed by atoms with Crippen molar-refractivity contribution in [2.24, 2.45) is 4.99 Å². The summed E-state index contributed by atoms with van der Waals surface area (Å²) in [7, 11) is 0. The molecule has 4 rings (SSSR count). The number of carbonyl (C=O) groups is 1. The summed E-state index contributed by atoms with van der Waals surface area (Å²) in [4.78, 5) is 32.9. The molecule has 2 heterocycles. The summed E-state index contributed by atoms with van der Waals surface area (Å²) < 4.78 is 13.1. The first-order valence-corrected chi connectivity index (χ1v) is 13.2. The van der Waals surface area contributed by atoms with Gasteiger partial charge in [-0.25, -0.2) is 9.79 Å². The van der Waals surface area contributed by atoms with Crippen molar-refractivity contribution in [2.75, 3.05) is 19.5 Å². The lowest BCUT2D eigenvalue weighted by atomic mass is 9.96. The Morgan fingerprint density at radius 3 is 2.71 bits per heavy atom. The van der Waals surface area contributed by atoms with Crippen molar-refractivity contribution in [3.05, 3.63) is 103 Å². The van der Waals surface area contributed by atoms with E-state index in [1.807, 2.05) is 60.9 Å². The molecule has 0 spiro atoms. The predicted octanol–water partition coefficient (Wildman–Crippen LogP) is 4.09. The van der Waals surface area contributed by atoms with Crippen LogP contribution in [-0.2, 0) is 9.53 Å². The van der Waals surface area contributed by atoms with Crippen LogP contribution in [0.4, 0.5) is 0 Å². The van der Waals surface area contributed by atoms with Crippen molar-refractivity contribution in [1.29, 1.82) is 0 Å². The molecule has 0 N–H and O–H groups in total. The van der Waals surface area contributed by atoms with Crippen LogP contribution in [0.25, 0.3) is 6.08 Å². The second-order valence-corrected chi connectivity index (χ2v) is 9.64. The molecule has 0 saturated heterocycles. The largest absolute Gasteiger partial charge is 0.490 e. The second kappa shape index (κ2) is 10.9. The Morgan fingerprint density at radius 2 is 2.03 bits per heavy atom. The van der Waals surface area contributed by atoms with Crippen molar-refractivity contribution in [3.63, 3.8) is 0 Å². The molecule has 0 aliphatic carbocycles. The van der Waals surface area contributed by atoms with Gasteiger partial charge in [0.25, 0.3) is 5.56 Å². The van der Waals surface area contributed by atoms with Crippen LogP contribution in [0, 0.1) is 0 Å². The fourth-order valence-electron chi connectivity index (χ4n) is 3.89. The zero-order valence-corrected chi connectivity index (χ0v) is 21.4. The molecule has 1 aliphatic heterocycles. The van der Waals surface area contributed by atoms with Gasteiger partial charge in [0.15, 0.2) is 4.80 Å². The Balaban J connectivity index is 1.87. The van der Waals surface area contributed by atoms with Crippen LogP contribution in [0.5, 0.6) is 5.75 Å². The van der Waals surface area contributed by atoms with E-state index in [4.69, 9.17) is 9.47 Å². The van der Waals surface area contributed by atoms with Gasteiger partial charge in [0, 0.05) is 4.90 Å². The Kier molecular flexibility index (Phi) is 7.73. The van der Waals surface area contributed by atoms with E-state index in [0.29, 0.717) is 33.0 Å². The first kappa shape index (κ1) is 24.8. The van der Waals surface area contributed by atoms with Crippen molar-refractivity contribution >= 4 is 35.1 Å². The number of esters is 1. The summed E-state index contributed by atoms with van der Waals surface area (Å²) in [5.41, 5.74) is 2.38. The molecule has 1 aliphatic rings. The zero-order valence-electron chi connectivity index (χ0n) is 19.8. The molecule has 2 aromatic carbocycles. The second-order valence-electron chi connectivity index (χ2n) is 7.75. The number of aromatic nitrogens is 1. The van der Waals surface area contributed by atoms with Gasteiger partial charge in [-0.05, 0) is 61.6 Å². The monoisotopic (exact) mass is 506 g/mol. The molecule has 0 bridgehead atoms. The van der Waals surface area contributed by atoms with Crippen molar-refractivity contribution in [1.82, 2.24) is 4.57 Å². The third-order valence-electron chi connectivity index (χ3n) is 5.47. The molecule has 180 valence electrons. The first-order chi connectivity index (χ1) is 17.0. The van der Waals surface area contributed by atoms with Gasteiger partial charge < -0.3 is 9.47 Å². The summed E-state index contributed by atoms with van der Waals surface area (Å²) in [6, 6.07) is 14.8. The van der Waals surface area contributed by atoms with Crippen LogP contribution in [0.1, 0.15) is 31.0 Å². The molecule has 0 saturated carbocycles. The van der Waals surface area contributed by atoms with Gasteiger partial charge in [-0.3, -0.25) is 9.36 Å². The summed E-state index contributed by atoms with van der Waals surface area (Å²) >= 11 is 2.93. The minimum absolute atomic E-state index is 0.209. The summed E-state index contributed by atoms with van der Waals surface area (Å²) in [6.45, 7) is 7.85. The highest BCUT2D eigenvalue weighted by atomic mass is 32.2. The van der Waals surface area contributed by atoms with Crippen molar-refractivity contribution in [3.8, 4) is 5.75 Å². The number of fused-ring (bicyclic) bond motifs is 1. The van der Waals surface area contributed by atoms with Crippen LogP contribution in [-0.4, -0.2) is 30.0 Å². The van der Waals surface area contributed by atoms with E-state index < -0.39 is 12.0 Å². The standard InChI is InChI=1S/C27H26N2O4S2/c1-5-14-33-20-9-7-8-18(15-20)16-22-25(30)29-24(19-10-12-21(34-4)13-11-19)23(26(31)32-6-2)17(3)28-27(29)35-22/h5,7-13,15-16,24H,1,6,14H2,2-4H3/b22-16-/t24-/m1/s1. The first-order valence-electron chi connectivity index (χ1n) is 11.1. The predicted molar refractivity (Wildman–Crippen MR) is 141 cm³/mol. The van der Waals surface area contributed by atoms with E-state index >= 15 is 0 Å². The number of rotatable bonds is 8. The fourth-order valence-corrected chi connectivity index (χ4v) is 5.35. The van der Waals surface area contributed by atoms with Crippen LogP contribution in [0.15, 0.2) is 87.1 Å². The molecule has 0 amide bonds. The van der Waals surface area contributed by atoms with Crippen molar-refractivity contribution in [2.45, 2.75) is 24.8 Å². The van der Waals surface area contributed by atoms with E-state index in [1.54, 1.807) is 36.3 Å². The number of benzene rings is 2. The van der Waals surface area contributed by atoms with Gasteiger partial charge in [0.2, 0.25) is 0 Å². The lowest BCUT2D eigenvalue weighted by Crippen LogP contribution is -2.39. The quantitative estimate of drug-likeness (QED) is 0.262. The number of allylic oxidation sites excluding steroid dienone is 1. The van der Waals surface area contributed by atoms with Gasteiger partial charge in [-0.1, -0.05) is 48.3 Å². The van der Waals surface area contributed by atoms with Gasteiger partial charge in [-0.2, -0.15) is 0 Å². The molecule has 0 fully saturated rings. The van der Waals surface area contributed by atoms with Crippen LogP contribution >= 0.6 is 23.1 Å². The average Bonchev–Trinajstić information content (AvgIpc) is 3.16. The maximum absolute atomic E-state index is 13.7.